The minimum atomic E-state index is -0.180. The summed E-state index contributed by atoms with van der Waals surface area (Å²) in [7, 11) is 0. The Morgan fingerprint density at radius 3 is 2.68 bits per heavy atom. The SMILES string of the molecule is CC[C@H](C)c1nc2ccc(Br)cc2c(=O)n1N=Cc1ccccc1OC(C)C. The second kappa shape index (κ2) is 8.69. The molecule has 1 heterocycles. The summed E-state index contributed by atoms with van der Waals surface area (Å²) in [6, 6.07) is 13.2. The molecule has 0 bridgehead atoms. The molecule has 0 unspecified atom stereocenters. The average Bonchev–Trinajstić information content (AvgIpc) is 2.67. The van der Waals surface area contributed by atoms with Crippen molar-refractivity contribution >= 4 is 33.0 Å². The second-order valence-electron chi connectivity index (χ2n) is 7.01. The Balaban J connectivity index is 2.16. The quantitative estimate of drug-likeness (QED) is 0.484. The van der Waals surface area contributed by atoms with Crippen molar-refractivity contribution in [3.8, 4) is 5.75 Å². The minimum Gasteiger partial charge on any atom is -0.490 e. The Morgan fingerprint density at radius 1 is 1.21 bits per heavy atom. The zero-order valence-electron chi connectivity index (χ0n) is 16.5. The molecule has 0 saturated carbocycles. The summed E-state index contributed by atoms with van der Waals surface area (Å²) in [6.07, 6.45) is 2.57. The van der Waals surface area contributed by atoms with E-state index in [1.54, 1.807) is 12.3 Å². The normalized spacial score (nSPS) is 12.8. The van der Waals surface area contributed by atoms with Gasteiger partial charge >= 0.3 is 0 Å². The van der Waals surface area contributed by atoms with Gasteiger partial charge in [0.1, 0.15) is 11.6 Å². The molecular formula is C22H24BrN3O2. The molecule has 28 heavy (non-hydrogen) atoms. The van der Waals surface area contributed by atoms with Gasteiger partial charge in [-0.25, -0.2) is 4.98 Å². The zero-order valence-corrected chi connectivity index (χ0v) is 18.1. The van der Waals surface area contributed by atoms with Gasteiger partial charge in [0.15, 0.2) is 0 Å². The lowest BCUT2D eigenvalue weighted by Crippen LogP contribution is -2.23. The molecule has 3 rings (SSSR count). The molecule has 1 aromatic heterocycles. The maximum Gasteiger partial charge on any atom is 0.282 e. The fourth-order valence-corrected chi connectivity index (χ4v) is 3.21. The van der Waals surface area contributed by atoms with Crippen LogP contribution >= 0.6 is 15.9 Å². The molecule has 0 amide bonds. The fraction of sp³-hybridized carbons (Fsp3) is 0.318. The number of ether oxygens (including phenoxy) is 1. The molecule has 5 nitrogen and oxygen atoms in total. The molecule has 146 valence electrons. The van der Waals surface area contributed by atoms with E-state index in [1.165, 1.54) is 4.68 Å². The molecule has 0 aliphatic carbocycles. The molecule has 0 N–H and O–H groups in total. The van der Waals surface area contributed by atoms with Crippen molar-refractivity contribution in [2.45, 2.75) is 46.1 Å². The third kappa shape index (κ3) is 4.33. The van der Waals surface area contributed by atoms with Crippen LogP contribution in [-0.2, 0) is 0 Å². The number of hydrogen-bond acceptors (Lipinski definition) is 4. The number of rotatable bonds is 6. The Bertz CT molecular complexity index is 1070. The molecule has 0 aliphatic heterocycles. The molecule has 1 atom stereocenters. The molecule has 0 spiro atoms. The summed E-state index contributed by atoms with van der Waals surface area (Å²) in [4.78, 5) is 17.9. The van der Waals surface area contributed by atoms with Crippen molar-refractivity contribution in [2.24, 2.45) is 5.10 Å². The summed E-state index contributed by atoms with van der Waals surface area (Å²) >= 11 is 3.43. The van der Waals surface area contributed by atoms with Gasteiger partial charge in [-0.3, -0.25) is 4.79 Å². The summed E-state index contributed by atoms with van der Waals surface area (Å²) in [5.74, 6) is 1.48. The van der Waals surface area contributed by atoms with Gasteiger partial charge in [-0.1, -0.05) is 41.9 Å². The maximum absolute atomic E-state index is 13.2. The van der Waals surface area contributed by atoms with Crippen molar-refractivity contribution in [3.05, 3.63) is 68.7 Å². The van der Waals surface area contributed by atoms with Crippen LogP contribution in [0.25, 0.3) is 10.9 Å². The first-order valence-electron chi connectivity index (χ1n) is 9.43. The van der Waals surface area contributed by atoms with Crippen LogP contribution in [0.15, 0.2) is 56.8 Å². The van der Waals surface area contributed by atoms with Crippen molar-refractivity contribution in [2.75, 3.05) is 0 Å². The van der Waals surface area contributed by atoms with E-state index >= 15 is 0 Å². The summed E-state index contributed by atoms with van der Waals surface area (Å²) < 4.78 is 8.09. The molecule has 0 fully saturated rings. The third-order valence-electron chi connectivity index (χ3n) is 4.48. The standard InChI is InChI=1S/C22H24BrN3O2/c1-5-15(4)21-25-19-11-10-17(23)12-18(19)22(27)26(21)24-13-16-8-6-7-9-20(16)28-14(2)3/h6-15H,5H2,1-4H3/t15-/m0/s1. The molecule has 0 saturated heterocycles. The van der Waals surface area contributed by atoms with E-state index in [1.807, 2.05) is 57.2 Å². The van der Waals surface area contributed by atoms with Crippen LogP contribution in [-0.4, -0.2) is 22.0 Å². The molecule has 6 heteroatoms. The van der Waals surface area contributed by atoms with Gasteiger partial charge in [0, 0.05) is 16.0 Å². The smallest absolute Gasteiger partial charge is 0.282 e. The van der Waals surface area contributed by atoms with Crippen molar-refractivity contribution in [3.63, 3.8) is 0 Å². The first-order valence-corrected chi connectivity index (χ1v) is 10.2. The Morgan fingerprint density at radius 2 is 1.96 bits per heavy atom. The highest BCUT2D eigenvalue weighted by atomic mass is 79.9. The maximum atomic E-state index is 13.2. The summed E-state index contributed by atoms with van der Waals surface area (Å²) in [5.41, 5.74) is 1.31. The predicted molar refractivity (Wildman–Crippen MR) is 118 cm³/mol. The highest BCUT2D eigenvalue weighted by Gasteiger charge is 2.15. The molecular weight excluding hydrogens is 418 g/mol. The van der Waals surface area contributed by atoms with Gasteiger partial charge in [-0.05, 0) is 50.6 Å². The molecule has 0 radical (unpaired) electrons. The van der Waals surface area contributed by atoms with E-state index in [-0.39, 0.29) is 17.6 Å². The van der Waals surface area contributed by atoms with Gasteiger partial charge in [-0.15, -0.1) is 0 Å². The first-order chi connectivity index (χ1) is 13.4. The van der Waals surface area contributed by atoms with Gasteiger partial charge in [0.2, 0.25) is 0 Å². The number of nitrogens with zero attached hydrogens (tertiary/aromatic N) is 3. The number of fused-ring (bicyclic) bond motifs is 1. The number of aromatic nitrogens is 2. The molecule has 2 aromatic carbocycles. The number of para-hydroxylation sites is 1. The van der Waals surface area contributed by atoms with Crippen molar-refractivity contribution in [1.82, 2.24) is 9.66 Å². The van der Waals surface area contributed by atoms with Crippen LogP contribution in [0.5, 0.6) is 5.75 Å². The van der Waals surface area contributed by atoms with Crippen LogP contribution in [0.1, 0.15) is 51.4 Å². The minimum absolute atomic E-state index is 0.0487. The molecule has 3 aromatic rings. The highest BCUT2D eigenvalue weighted by molar-refractivity contribution is 9.10. The fourth-order valence-electron chi connectivity index (χ4n) is 2.85. The van der Waals surface area contributed by atoms with E-state index in [9.17, 15) is 4.79 Å². The first kappa shape index (κ1) is 20.3. The number of hydrogen-bond donors (Lipinski definition) is 0. The van der Waals surface area contributed by atoms with E-state index < -0.39 is 0 Å². The van der Waals surface area contributed by atoms with Crippen LogP contribution in [0.3, 0.4) is 0 Å². The monoisotopic (exact) mass is 441 g/mol. The number of benzene rings is 2. The van der Waals surface area contributed by atoms with Crippen LogP contribution in [0.4, 0.5) is 0 Å². The lowest BCUT2D eigenvalue weighted by Gasteiger charge is -2.14. The van der Waals surface area contributed by atoms with Crippen molar-refractivity contribution < 1.29 is 4.74 Å². The highest BCUT2D eigenvalue weighted by Crippen LogP contribution is 2.21. The van der Waals surface area contributed by atoms with E-state index in [0.717, 1.165) is 22.2 Å². The average molecular weight is 442 g/mol. The molecule has 0 aliphatic rings. The largest absolute Gasteiger partial charge is 0.490 e. The van der Waals surface area contributed by atoms with E-state index in [2.05, 4.69) is 28.0 Å². The topological polar surface area (TPSA) is 56.5 Å². The van der Waals surface area contributed by atoms with Gasteiger partial charge in [0.05, 0.1) is 23.2 Å². The van der Waals surface area contributed by atoms with Crippen molar-refractivity contribution in [1.29, 1.82) is 0 Å². The Hall–Kier alpha value is -2.47. The van der Waals surface area contributed by atoms with E-state index in [0.29, 0.717) is 16.7 Å². The van der Waals surface area contributed by atoms with E-state index in [4.69, 9.17) is 9.72 Å². The lowest BCUT2D eigenvalue weighted by molar-refractivity contribution is 0.242. The number of halogens is 1. The van der Waals surface area contributed by atoms with Gasteiger partial charge < -0.3 is 4.74 Å². The second-order valence-corrected chi connectivity index (χ2v) is 7.92. The van der Waals surface area contributed by atoms with Gasteiger partial charge in [0.25, 0.3) is 5.56 Å². The summed E-state index contributed by atoms with van der Waals surface area (Å²) in [5, 5.41) is 5.05. The third-order valence-corrected chi connectivity index (χ3v) is 4.97. The summed E-state index contributed by atoms with van der Waals surface area (Å²) in [6.45, 7) is 8.08. The van der Waals surface area contributed by atoms with Crippen LogP contribution in [0, 0.1) is 0 Å². The predicted octanol–water partition coefficient (Wildman–Crippen LogP) is 5.34. The zero-order chi connectivity index (χ0) is 20.3. The lowest BCUT2D eigenvalue weighted by atomic mass is 10.1. The van der Waals surface area contributed by atoms with Crippen LogP contribution in [0.2, 0.25) is 0 Å². The Kier molecular flexibility index (Phi) is 6.29. The van der Waals surface area contributed by atoms with Gasteiger partial charge in [-0.2, -0.15) is 9.78 Å². The van der Waals surface area contributed by atoms with Crippen LogP contribution < -0.4 is 10.3 Å². The Labute approximate surface area is 173 Å².